The molecule has 0 N–H and O–H groups in total. The first-order valence-corrected chi connectivity index (χ1v) is 9.74. The van der Waals surface area contributed by atoms with Gasteiger partial charge in [0.1, 0.15) is 5.75 Å². The molecule has 0 radical (unpaired) electrons. The number of rotatable bonds is 8. The van der Waals surface area contributed by atoms with Crippen molar-refractivity contribution >= 4 is 22.7 Å². The van der Waals surface area contributed by atoms with Crippen molar-refractivity contribution in [3.63, 3.8) is 0 Å². The summed E-state index contributed by atoms with van der Waals surface area (Å²) in [6.07, 6.45) is 0.559. The molecule has 0 aliphatic carbocycles. The predicted octanol–water partition coefficient (Wildman–Crippen LogP) is 4.24. The number of pyridine rings is 1. The van der Waals surface area contributed by atoms with Crippen LogP contribution in [0.2, 0.25) is 0 Å². The molecule has 0 atom stereocenters. The number of nitrogens with zero attached hydrogens (tertiary/aromatic N) is 1. The quantitative estimate of drug-likeness (QED) is 0.396. The van der Waals surface area contributed by atoms with Crippen LogP contribution >= 0.6 is 0 Å². The second-order valence-corrected chi connectivity index (χ2v) is 6.91. The van der Waals surface area contributed by atoms with Gasteiger partial charge in [-0.2, -0.15) is 0 Å². The van der Waals surface area contributed by atoms with E-state index in [9.17, 15) is 9.59 Å². The average Bonchev–Trinajstić information content (AvgIpc) is 2.80. The van der Waals surface area contributed by atoms with E-state index in [0.717, 1.165) is 10.9 Å². The molecule has 0 fully saturated rings. The molecular weight excluding hydrogens is 398 g/mol. The lowest BCUT2D eigenvalue weighted by molar-refractivity contribution is -0.140. The maximum atomic E-state index is 12.5. The number of esters is 1. The highest BCUT2D eigenvalue weighted by molar-refractivity contribution is 6.02. The lowest BCUT2D eigenvalue weighted by Gasteiger charge is -2.17. The number of ketones is 1. The Balaban J connectivity index is 2.31. The van der Waals surface area contributed by atoms with Gasteiger partial charge in [-0.1, -0.05) is 6.07 Å². The minimum absolute atomic E-state index is 0.137. The van der Waals surface area contributed by atoms with Crippen molar-refractivity contribution in [1.82, 2.24) is 4.98 Å². The van der Waals surface area contributed by atoms with Gasteiger partial charge in [-0.3, -0.25) is 9.59 Å². The van der Waals surface area contributed by atoms with Crippen LogP contribution in [0.5, 0.6) is 17.2 Å². The molecule has 0 saturated heterocycles. The number of aryl methyl sites for hydroxylation is 1. The summed E-state index contributed by atoms with van der Waals surface area (Å²) in [5.74, 6) is 1.14. The van der Waals surface area contributed by atoms with Crippen LogP contribution in [-0.2, 0) is 16.0 Å². The van der Waals surface area contributed by atoms with Crippen LogP contribution in [0.1, 0.15) is 29.3 Å². The van der Waals surface area contributed by atoms with Crippen LogP contribution in [0, 0.1) is 0 Å². The molecule has 7 nitrogen and oxygen atoms in total. The molecule has 0 amide bonds. The van der Waals surface area contributed by atoms with Crippen LogP contribution in [-0.4, -0.2) is 45.2 Å². The number of hydrogen-bond acceptors (Lipinski definition) is 7. The van der Waals surface area contributed by atoms with Gasteiger partial charge in [0.2, 0.25) is 0 Å². The molecular formula is C24H25NO6. The zero-order valence-electron chi connectivity index (χ0n) is 18.3. The highest BCUT2D eigenvalue weighted by Crippen LogP contribution is 2.38. The Bertz CT molecular complexity index is 1140. The average molecular weight is 423 g/mol. The fourth-order valence-electron chi connectivity index (χ4n) is 3.52. The van der Waals surface area contributed by atoms with Crippen molar-refractivity contribution in [3.8, 4) is 28.5 Å². The third-order valence-corrected chi connectivity index (χ3v) is 5.10. The zero-order chi connectivity index (χ0) is 22.5. The Morgan fingerprint density at radius 1 is 0.903 bits per heavy atom. The van der Waals surface area contributed by atoms with E-state index in [4.69, 9.17) is 23.9 Å². The number of aromatic nitrogens is 1. The van der Waals surface area contributed by atoms with Crippen molar-refractivity contribution in [3.05, 3.63) is 47.5 Å². The smallest absolute Gasteiger partial charge is 0.305 e. The van der Waals surface area contributed by atoms with Gasteiger partial charge in [0.15, 0.2) is 17.3 Å². The first kappa shape index (κ1) is 22.1. The molecule has 31 heavy (non-hydrogen) atoms. The molecule has 3 aromatic rings. The largest absolute Gasteiger partial charge is 0.496 e. The van der Waals surface area contributed by atoms with E-state index in [1.54, 1.807) is 19.2 Å². The monoisotopic (exact) mass is 423 g/mol. The molecule has 0 saturated carbocycles. The van der Waals surface area contributed by atoms with E-state index in [-0.39, 0.29) is 18.2 Å². The van der Waals surface area contributed by atoms with Crippen LogP contribution < -0.4 is 14.2 Å². The zero-order valence-corrected chi connectivity index (χ0v) is 18.3. The maximum absolute atomic E-state index is 12.5. The van der Waals surface area contributed by atoms with Crippen molar-refractivity contribution in [2.75, 3.05) is 28.4 Å². The van der Waals surface area contributed by atoms with Crippen molar-refractivity contribution in [2.45, 2.75) is 19.8 Å². The van der Waals surface area contributed by atoms with Gasteiger partial charge < -0.3 is 18.9 Å². The lowest BCUT2D eigenvalue weighted by atomic mass is 9.94. The molecule has 0 spiro atoms. The summed E-state index contributed by atoms with van der Waals surface area (Å²) in [7, 11) is 6.00. The molecule has 0 unspecified atom stereocenters. The van der Waals surface area contributed by atoms with Gasteiger partial charge in [0.05, 0.1) is 39.6 Å². The van der Waals surface area contributed by atoms with Gasteiger partial charge in [-0.05, 0) is 49.2 Å². The number of benzene rings is 2. The molecule has 2 aromatic carbocycles. The summed E-state index contributed by atoms with van der Waals surface area (Å²) < 4.78 is 21.1. The summed E-state index contributed by atoms with van der Waals surface area (Å²) in [5, 5.41) is 0.818. The summed E-state index contributed by atoms with van der Waals surface area (Å²) in [4.78, 5) is 29.1. The molecule has 0 aliphatic rings. The van der Waals surface area contributed by atoms with Crippen molar-refractivity contribution < 1.29 is 28.5 Å². The molecule has 1 heterocycles. The third-order valence-electron chi connectivity index (χ3n) is 5.10. The fraction of sp³-hybridized carbons (Fsp3) is 0.292. The van der Waals surface area contributed by atoms with Crippen LogP contribution in [0.3, 0.4) is 0 Å². The van der Waals surface area contributed by atoms with Crippen LogP contribution in [0.15, 0.2) is 36.4 Å². The molecule has 0 aliphatic heterocycles. The van der Waals surface area contributed by atoms with E-state index in [0.29, 0.717) is 46.0 Å². The number of ether oxygens (including phenoxy) is 4. The lowest BCUT2D eigenvalue weighted by Crippen LogP contribution is -2.06. The number of hydrogen-bond donors (Lipinski definition) is 0. The topological polar surface area (TPSA) is 84.0 Å². The van der Waals surface area contributed by atoms with E-state index < -0.39 is 0 Å². The summed E-state index contributed by atoms with van der Waals surface area (Å²) in [6, 6.07) is 10.9. The van der Waals surface area contributed by atoms with Crippen LogP contribution in [0.4, 0.5) is 0 Å². The third kappa shape index (κ3) is 4.45. The minimum atomic E-state index is -0.329. The van der Waals surface area contributed by atoms with Crippen molar-refractivity contribution in [1.29, 1.82) is 0 Å². The second-order valence-electron chi connectivity index (χ2n) is 6.91. The Labute approximate surface area is 180 Å². The molecule has 0 bridgehead atoms. The first-order valence-electron chi connectivity index (χ1n) is 9.74. The normalized spacial score (nSPS) is 10.6. The van der Waals surface area contributed by atoms with Gasteiger partial charge >= 0.3 is 5.97 Å². The van der Waals surface area contributed by atoms with E-state index in [1.165, 1.54) is 28.3 Å². The van der Waals surface area contributed by atoms with Crippen LogP contribution in [0.25, 0.3) is 22.2 Å². The SMILES string of the molecule is COC(=O)CCc1cc2c(OC)cccc2nc1-c1cc(OC)c(OC)cc1C(C)=O. The Morgan fingerprint density at radius 2 is 1.58 bits per heavy atom. The Hall–Kier alpha value is -3.61. The van der Waals surface area contributed by atoms with Gasteiger partial charge in [-0.25, -0.2) is 4.98 Å². The number of fused-ring (bicyclic) bond motifs is 1. The predicted molar refractivity (Wildman–Crippen MR) is 117 cm³/mol. The van der Waals surface area contributed by atoms with Gasteiger partial charge in [-0.15, -0.1) is 0 Å². The first-order chi connectivity index (χ1) is 14.9. The standard InChI is InChI=1S/C24H25NO6/c1-14(26)16-12-21(29-3)22(30-4)13-17(16)24-15(9-10-23(27)31-5)11-18-19(25-24)7-6-8-20(18)28-2/h6-8,11-13H,9-10H2,1-5H3. The molecule has 1 aromatic heterocycles. The number of carbonyl (C=O) groups excluding carboxylic acids is 2. The van der Waals surface area contributed by atoms with Crippen molar-refractivity contribution in [2.24, 2.45) is 0 Å². The number of methoxy groups -OCH3 is 4. The highest BCUT2D eigenvalue weighted by atomic mass is 16.5. The summed E-state index contributed by atoms with van der Waals surface area (Å²) in [6.45, 7) is 1.49. The maximum Gasteiger partial charge on any atom is 0.305 e. The summed E-state index contributed by atoms with van der Waals surface area (Å²) >= 11 is 0. The Kier molecular flexibility index (Phi) is 6.74. The fourth-order valence-corrected chi connectivity index (χ4v) is 3.52. The second kappa shape index (κ2) is 9.47. The number of Topliss-reactive ketones (excluding diaryl/α,β-unsaturated/α-hetero) is 1. The van der Waals surface area contributed by atoms with Gasteiger partial charge in [0.25, 0.3) is 0 Å². The highest BCUT2D eigenvalue weighted by Gasteiger charge is 2.21. The van der Waals surface area contributed by atoms with E-state index in [2.05, 4.69) is 0 Å². The molecule has 3 rings (SSSR count). The molecule has 7 heteroatoms. The summed E-state index contributed by atoms with van der Waals surface area (Å²) in [5.41, 5.74) is 3.15. The Morgan fingerprint density at radius 3 is 2.19 bits per heavy atom. The molecule has 162 valence electrons. The van der Waals surface area contributed by atoms with Gasteiger partial charge in [0, 0.05) is 22.9 Å². The number of carbonyl (C=O) groups is 2. The van der Waals surface area contributed by atoms with E-state index in [1.807, 2.05) is 24.3 Å². The van der Waals surface area contributed by atoms with E-state index >= 15 is 0 Å². The minimum Gasteiger partial charge on any atom is -0.496 e.